The molecule has 0 saturated heterocycles. The molecule has 106 valence electrons. The molecular weight excluding hydrogens is 238 g/mol. The molecule has 2 N–H and O–H groups in total. The summed E-state index contributed by atoms with van der Waals surface area (Å²) < 4.78 is 0. The highest BCUT2D eigenvalue weighted by Crippen LogP contribution is 2.22. The van der Waals surface area contributed by atoms with Crippen molar-refractivity contribution in [2.24, 2.45) is 0 Å². The van der Waals surface area contributed by atoms with Gasteiger partial charge in [0.15, 0.2) is 0 Å². The molecule has 3 heteroatoms. The number of nitrogens with one attached hydrogen (secondary N) is 1. The van der Waals surface area contributed by atoms with Crippen LogP contribution in [0.4, 0.5) is 0 Å². The van der Waals surface area contributed by atoms with Crippen LogP contribution in [0.15, 0.2) is 24.3 Å². The minimum Gasteiger partial charge on any atom is -0.480 e. The summed E-state index contributed by atoms with van der Waals surface area (Å²) in [5, 5.41) is 12.3. The summed E-state index contributed by atoms with van der Waals surface area (Å²) in [6, 6.07) is 8.35. The Morgan fingerprint density at radius 2 is 1.68 bits per heavy atom. The highest BCUT2D eigenvalue weighted by Gasteiger charge is 2.30. The average Bonchev–Trinajstić information content (AvgIpc) is 2.35. The zero-order valence-electron chi connectivity index (χ0n) is 12.6. The highest BCUT2D eigenvalue weighted by atomic mass is 16.4. The SMILES string of the molecule is CCC(C)(NCc1ccc(C(C)(C)C)cc1)C(=O)O. The van der Waals surface area contributed by atoms with Crippen molar-refractivity contribution in [3.8, 4) is 0 Å². The molecule has 0 heterocycles. The van der Waals surface area contributed by atoms with Crippen LogP contribution in [0.3, 0.4) is 0 Å². The standard InChI is InChI=1S/C16H25NO2/c1-6-16(5,14(18)19)17-11-12-7-9-13(10-8-12)15(2,3)4/h7-10,17H,6,11H2,1-5H3,(H,18,19). The van der Waals surface area contributed by atoms with E-state index in [1.165, 1.54) is 5.56 Å². The lowest BCUT2D eigenvalue weighted by molar-refractivity contribution is -0.144. The van der Waals surface area contributed by atoms with Gasteiger partial charge in [-0.2, -0.15) is 0 Å². The molecule has 3 nitrogen and oxygen atoms in total. The molecule has 0 aliphatic rings. The monoisotopic (exact) mass is 263 g/mol. The van der Waals surface area contributed by atoms with Crippen LogP contribution in [-0.4, -0.2) is 16.6 Å². The molecular formula is C16H25NO2. The van der Waals surface area contributed by atoms with Gasteiger partial charge in [0, 0.05) is 6.54 Å². The molecule has 0 aromatic heterocycles. The first-order valence-electron chi connectivity index (χ1n) is 6.77. The van der Waals surface area contributed by atoms with E-state index in [2.05, 4.69) is 50.4 Å². The van der Waals surface area contributed by atoms with Crippen LogP contribution >= 0.6 is 0 Å². The second-order valence-corrected chi connectivity index (χ2v) is 6.29. The summed E-state index contributed by atoms with van der Waals surface area (Å²) in [5.41, 5.74) is 1.68. The van der Waals surface area contributed by atoms with E-state index in [-0.39, 0.29) is 5.41 Å². The van der Waals surface area contributed by atoms with Gasteiger partial charge in [0.2, 0.25) is 0 Å². The molecule has 0 aliphatic heterocycles. The van der Waals surface area contributed by atoms with Gasteiger partial charge in [-0.15, -0.1) is 0 Å². The maximum atomic E-state index is 11.2. The summed E-state index contributed by atoms with van der Waals surface area (Å²) >= 11 is 0. The van der Waals surface area contributed by atoms with Gasteiger partial charge >= 0.3 is 5.97 Å². The van der Waals surface area contributed by atoms with E-state index in [9.17, 15) is 9.90 Å². The number of hydrogen-bond acceptors (Lipinski definition) is 2. The minimum atomic E-state index is -0.858. The molecule has 1 atom stereocenters. The Balaban J connectivity index is 2.72. The highest BCUT2D eigenvalue weighted by molar-refractivity contribution is 5.78. The zero-order chi connectivity index (χ0) is 14.7. The number of carboxylic acids is 1. The molecule has 19 heavy (non-hydrogen) atoms. The van der Waals surface area contributed by atoms with E-state index < -0.39 is 11.5 Å². The molecule has 0 spiro atoms. The van der Waals surface area contributed by atoms with Gasteiger partial charge in [0.05, 0.1) is 0 Å². The van der Waals surface area contributed by atoms with Gasteiger partial charge in [-0.25, -0.2) is 0 Å². The lowest BCUT2D eigenvalue weighted by Crippen LogP contribution is -2.48. The number of rotatable bonds is 5. The van der Waals surface area contributed by atoms with Crippen molar-refractivity contribution in [2.75, 3.05) is 0 Å². The van der Waals surface area contributed by atoms with Crippen molar-refractivity contribution in [1.82, 2.24) is 5.32 Å². The van der Waals surface area contributed by atoms with E-state index in [0.29, 0.717) is 13.0 Å². The second-order valence-electron chi connectivity index (χ2n) is 6.29. The van der Waals surface area contributed by atoms with Crippen molar-refractivity contribution in [1.29, 1.82) is 0 Å². The largest absolute Gasteiger partial charge is 0.480 e. The van der Waals surface area contributed by atoms with Crippen molar-refractivity contribution in [3.05, 3.63) is 35.4 Å². The lowest BCUT2D eigenvalue weighted by atomic mass is 9.86. The fourth-order valence-corrected chi connectivity index (χ4v) is 1.77. The third-order valence-corrected chi connectivity index (χ3v) is 3.68. The molecule has 0 bridgehead atoms. The van der Waals surface area contributed by atoms with E-state index in [1.54, 1.807) is 6.92 Å². The van der Waals surface area contributed by atoms with Crippen LogP contribution in [0.25, 0.3) is 0 Å². The Kier molecular flexibility index (Phi) is 4.75. The Labute approximate surface area is 116 Å². The van der Waals surface area contributed by atoms with Gasteiger partial charge in [0.1, 0.15) is 5.54 Å². The summed E-state index contributed by atoms with van der Waals surface area (Å²) in [7, 11) is 0. The minimum absolute atomic E-state index is 0.144. The van der Waals surface area contributed by atoms with Gasteiger partial charge in [-0.05, 0) is 29.9 Å². The molecule has 1 rings (SSSR count). The predicted molar refractivity (Wildman–Crippen MR) is 78.3 cm³/mol. The summed E-state index contributed by atoms with van der Waals surface area (Å²) in [6.07, 6.45) is 0.558. The Morgan fingerprint density at radius 1 is 1.16 bits per heavy atom. The zero-order valence-corrected chi connectivity index (χ0v) is 12.6. The average molecular weight is 263 g/mol. The number of aliphatic carboxylic acids is 1. The summed E-state index contributed by atoms with van der Waals surface area (Å²) in [6.45, 7) is 10.7. The van der Waals surface area contributed by atoms with Crippen molar-refractivity contribution in [3.63, 3.8) is 0 Å². The molecule has 0 amide bonds. The van der Waals surface area contributed by atoms with Crippen LogP contribution in [0.2, 0.25) is 0 Å². The molecule has 0 fully saturated rings. The summed E-state index contributed by atoms with van der Waals surface area (Å²) in [4.78, 5) is 11.2. The predicted octanol–water partition coefficient (Wildman–Crippen LogP) is 3.33. The quantitative estimate of drug-likeness (QED) is 0.856. The molecule has 0 saturated carbocycles. The van der Waals surface area contributed by atoms with Crippen LogP contribution < -0.4 is 5.32 Å². The van der Waals surface area contributed by atoms with Gasteiger partial charge < -0.3 is 5.11 Å². The van der Waals surface area contributed by atoms with Crippen LogP contribution in [-0.2, 0) is 16.8 Å². The normalized spacial score (nSPS) is 15.0. The van der Waals surface area contributed by atoms with Crippen LogP contribution in [0.1, 0.15) is 52.2 Å². The smallest absolute Gasteiger partial charge is 0.323 e. The Hall–Kier alpha value is -1.35. The third-order valence-electron chi connectivity index (χ3n) is 3.68. The number of benzene rings is 1. The fourth-order valence-electron chi connectivity index (χ4n) is 1.77. The maximum absolute atomic E-state index is 11.2. The van der Waals surface area contributed by atoms with Crippen LogP contribution in [0.5, 0.6) is 0 Å². The van der Waals surface area contributed by atoms with Crippen molar-refractivity contribution < 1.29 is 9.90 Å². The molecule has 1 unspecified atom stereocenters. The third kappa shape index (κ3) is 4.06. The van der Waals surface area contributed by atoms with Gasteiger partial charge in [-0.1, -0.05) is 52.0 Å². The number of hydrogen-bond donors (Lipinski definition) is 2. The lowest BCUT2D eigenvalue weighted by Gasteiger charge is -2.25. The van der Waals surface area contributed by atoms with Crippen molar-refractivity contribution >= 4 is 5.97 Å². The Morgan fingerprint density at radius 3 is 2.05 bits per heavy atom. The van der Waals surface area contributed by atoms with E-state index in [1.807, 2.05) is 6.92 Å². The van der Waals surface area contributed by atoms with E-state index in [0.717, 1.165) is 5.56 Å². The number of carboxylic acid groups (broad SMARTS) is 1. The summed E-state index contributed by atoms with van der Waals surface area (Å²) in [5.74, 6) is -0.804. The first-order valence-corrected chi connectivity index (χ1v) is 6.77. The maximum Gasteiger partial charge on any atom is 0.323 e. The van der Waals surface area contributed by atoms with Crippen LogP contribution in [0, 0.1) is 0 Å². The Bertz CT molecular complexity index is 431. The van der Waals surface area contributed by atoms with Gasteiger partial charge in [0.25, 0.3) is 0 Å². The van der Waals surface area contributed by atoms with Crippen molar-refractivity contribution in [2.45, 2.75) is 58.5 Å². The molecule has 1 aromatic rings. The first-order chi connectivity index (χ1) is 8.69. The number of carbonyl (C=O) groups is 1. The molecule has 0 radical (unpaired) electrons. The molecule has 1 aromatic carbocycles. The second kappa shape index (κ2) is 5.74. The van der Waals surface area contributed by atoms with E-state index >= 15 is 0 Å². The topological polar surface area (TPSA) is 49.3 Å². The molecule has 0 aliphatic carbocycles. The van der Waals surface area contributed by atoms with Gasteiger partial charge in [-0.3, -0.25) is 10.1 Å². The fraction of sp³-hybridized carbons (Fsp3) is 0.562. The van der Waals surface area contributed by atoms with E-state index in [4.69, 9.17) is 0 Å². The first kappa shape index (κ1) is 15.7.